The molecule has 0 amide bonds. The maximum atomic E-state index is 4.16. The summed E-state index contributed by atoms with van der Waals surface area (Å²) in [6.45, 7) is 2.24. The third-order valence-electron chi connectivity index (χ3n) is 3.15. The van der Waals surface area contributed by atoms with E-state index in [0.29, 0.717) is 6.04 Å². The zero-order valence-electron chi connectivity index (χ0n) is 10.4. The van der Waals surface area contributed by atoms with Crippen molar-refractivity contribution >= 4 is 0 Å². The van der Waals surface area contributed by atoms with Crippen molar-refractivity contribution in [3.05, 3.63) is 54.6 Å². The third kappa shape index (κ3) is 3.45. The summed E-state index contributed by atoms with van der Waals surface area (Å²) in [6.07, 6.45) is 10.7. The van der Waals surface area contributed by atoms with Crippen molar-refractivity contribution in [3.8, 4) is 0 Å². The van der Waals surface area contributed by atoms with E-state index in [-0.39, 0.29) is 0 Å². The Morgan fingerprint density at radius 3 is 2.71 bits per heavy atom. The van der Waals surface area contributed by atoms with Gasteiger partial charge in [-0.1, -0.05) is 50.1 Å². The minimum absolute atomic E-state index is 0.542. The molecule has 0 radical (unpaired) electrons. The third-order valence-corrected chi connectivity index (χ3v) is 3.15. The van der Waals surface area contributed by atoms with Crippen LogP contribution in [0.3, 0.4) is 0 Å². The van der Waals surface area contributed by atoms with E-state index in [9.17, 15) is 0 Å². The fraction of sp³-hybridized carbons (Fsp3) is 0.400. The van der Waals surface area contributed by atoms with Crippen molar-refractivity contribution in [1.82, 2.24) is 9.55 Å². The van der Waals surface area contributed by atoms with E-state index in [4.69, 9.17) is 0 Å². The minimum Gasteiger partial charge on any atom is -0.334 e. The lowest BCUT2D eigenvalue weighted by atomic mass is 10.0. The van der Waals surface area contributed by atoms with Gasteiger partial charge in [0.15, 0.2) is 0 Å². The molecule has 90 valence electrons. The molecule has 0 fully saturated rings. The Balaban J connectivity index is 2.06. The highest BCUT2D eigenvalue weighted by Gasteiger charge is 2.10. The molecule has 1 atom stereocenters. The maximum Gasteiger partial charge on any atom is 0.0948 e. The largest absolute Gasteiger partial charge is 0.334 e. The second-order valence-corrected chi connectivity index (χ2v) is 4.50. The number of unbranched alkanes of at least 4 members (excludes halogenated alkanes) is 1. The number of imidazole rings is 1. The Bertz CT molecular complexity index is 406. The lowest BCUT2D eigenvalue weighted by molar-refractivity contribution is 0.446. The van der Waals surface area contributed by atoms with Crippen molar-refractivity contribution in [2.24, 2.45) is 0 Å². The second-order valence-electron chi connectivity index (χ2n) is 4.50. The highest BCUT2D eigenvalue weighted by atomic mass is 15.0. The van der Waals surface area contributed by atoms with Crippen LogP contribution in [-0.4, -0.2) is 9.55 Å². The Morgan fingerprint density at radius 1 is 1.24 bits per heavy atom. The first kappa shape index (κ1) is 11.9. The van der Waals surface area contributed by atoms with E-state index in [1.807, 2.05) is 12.5 Å². The molecule has 0 aliphatic heterocycles. The van der Waals surface area contributed by atoms with Crippen molar-refractivity contribution in [1.29, 1.82) is 0 Å². The summed E-state index contributed by atoms with van der Waals surface area (Å²) in [6, 6.07) is 11.2. The average Bonchev–Trinajstić information content (AvgIpc) is 2.89. The van der Waals surface area contributed by atoms with E-state index in [1.165, 1.54) is 24.8 Å². The average molecular weight is 228 g/mol. The normalized spacial score (nSPS) is 12.5. The smallest absolute Gasteiger partial charge is 0.0948 e. The van der Waals surface area contributed by atoms with Gasteiger partial charge in [0.25, 0.3) is 0 Å². The van der Waals surface area contributed by atoms with Crippen LogP contribution in [0.4, 0.5) is 0 Å². The molecule has 0 N–H and O–H groups in total. The van der Waals surface area contributed by atoms with Crippen molar-refractivity contribution in [3.63, 3.8) is 0 Å². The van der Waals surface area contributed by atoms with E-state index in [1.54, 1.807) is 0 Å². The summed E-state index contributed by atoms with van der Waals surface area (Å²) in [7, 11) is 0. The predicted molar refractivity (Wildman–Crippen MR) is 70.9 cm³/mol. The van der Waals surface area contributed by atoms with E-state index >= 15 is 0 Å². The zero-order chi connectivity index (χ0) is 11.9. The molecule has 1 aromatic carbocycles. The van der Waals surface area contributed by atoms with Gasteiger partial charge in [0, 0.05) is 18.4 Å². The molecule has 1 unspecified atom stereocenters. The van der Waals surface area contributed by atoms with Gasteiger partial charge in [-0.25, -0.2) is 4.98 Å². The van der Waals surface area contributed by atoms with Gasteiger partial charge >= 0.3 is 0 Å². The quantitative estimate of drug-likeness (QED) is 0.734. The molecule has 2 nitrogen and oxygen atoms in total. The first-order valence-corrected chi connectivity index (χ1v) is 6.41. The Hall–Kier alpha value is -1.57. The minimum atomic E-state index is 0.542. The summed E-state index contributed by atoms with van der Waals surface area (Å²) in [5, 5.41) is 0. The summed E-state index contributed by atoms with van der Waals surface area (Å²) in [5.41, 5.74) is 1.40. The number of hydrogen-bond donors (Lipinski definition) is 0. The summed E-state index contributed by atoms with van der Waals surface area (Å²) in [4.78, 5) is 4.16. The Labute approximate surface area is 103 Å². The van der Waals surface area contributed by atoms with Crippen molar-refractivity contribution in [2.45, 2.75) is 38.6 Å². The lowest BCUT2D eigenvalue weighted by Gasteiger charge is -2.18. The van der Waals surface area contributed by atoms with Crippen LogP contribution >= 0.6 is 0 Å². The van der Waals surface area contributed by atoms with Crippen LogP contribution in [0.2, 0.25) is 0 Å². The van der Waals surface area contributed by atoms with Crippen LogP contribution in [0.5, 0.6) is 0 Å². The molecular formula is C15H20N2. The monoisotopic (exact) mass is 228 g/mol. The number of nitrogens with zero attached hydrogens (tertiary/aromatic N) is 2. The van der Waals surface area contributed by atoms with E-state index in [2.05, 4.69) is 53.0 Å². The van der Waals surface area contributed by atoms with Crippen LogP contribution in [0, 0.1) is 0 Å². The molecule has 17 heavy (non-hydrogen) atoms. The van der Waals surface area contributed by atoms with Gasteiger partial charge in [-0.15, -0.1) is 0 Å². The molecule has 0 aliphatic carbocycles. The van der Waals surface area contributed by atoms with Gasteiger partial charge in [0.05, 0.1) is 6.33 Å². The SMILES string of the molecule is CCCCC(Cc1ccccc1)n1ccnc1. The van der Waals surface area contributed by atoms with Gasteiger partial charge < -0.3 is 4.57 Å². The molecule has 0 aliphatic rings. The summed E-state index contributed by atoms with van der Waals surface area (Å²) < 4.78 is 2.24. The maximum absolute atomic E-state index is 4.16. The molecule has 2 rings (SSSR count). The van der Waals surface area contributed by atoms with Gasteiger partial charge in [-0.2, -0.15) is 0 Å². The van der Waals surface area contributed by atoms with Gasteiger partial charge in [0.2, 0.25) is 0 Å². The molecular weight excluding hydrogens is 208 g/mol. The molecule has 0 spiro atoms. The molecule has 0 saturated carbocycles. The van der Waals surface area contributed by atoms with Crippen LogP contribution < -0.4 is 0 Å². The van der Waals surface area contributed by atoms with Gasteiger partial charge in [0.1, 0.15) is 0 Å². The van der Waals surface area contributed by atoms with Crippen molar-refractivity contribution < 1.29 is 0 Å². The molecule has 1 aromatic heterocycles. The van der Waals surface area contributed by atoms with Gasteiger partial charge in [-0.3, -0.25) is 0 Å². The molecule has 2 heteroatoms. The number of hydrogen-bond acceptors (Lipinski definition) is 1. The first-order chi connectivity index (χ1) is 8.40. The molecule has 0 bridgehead atoms. The highest BCUT2D eigenvalue weighted by molar-refractivity contribution is 5.15. The molecule has 1 heterocycles. The number of aromatic nitrogens is 2. The number of rotatable bonds is 6. The fourth-order valence-electron chi connectivity index (χ4n) is 2.17. The Kier molecular flexibility index (Phi) is 4.37. The molecule has 0 saturated heterocycles. The van der Waals surface area contributed by atoms with E-state index in [0.717, 1.165) is 6.42 Å². The number of benzene rings is 1. The lowest BCUT2D eigenvalue weighted by Crippen LogP contribution is -2.10. The van der Waals surface area contributed by atoms with Crippen LogP contribution in [0.1, 0.15) is 37.8 Å². The predicted octanol–water partition coefficient (Wildman–Crippen LogP) is 3.86. The summed E-state index contributed by atoms with van der Waals surface area (Å²) in [5.74, 6) is 0. The second kappa shape index (κ2) is 6.24. The highest BCUT2D eigenvalue weighted by Crippen LogP contribution is 2.20. The van der Waals surface area contributed by atoms with Crippen LogP contribution in [0.15, 0.2) is 49.1 Å². The zero-order valence-corrected chi connectivity index (χ0v) is 10.4. The van der Waals surface area contributed by atoms with E-state index < -0.39 is 0 Å². The van der Waals surface area contributed by atoms with Crippen LogP contribution in [0.25, 0.3) is 0 Å². The van der Waals surface area contributed by atoms with Crippen LogP contribution in [-0.2, 0) is 6.42 Å². The van der Waals surface area contributed by atoms with Crippen molar-refractivity contribution in [2.75, 3.05) is 0 Å². The van der Waals surface area contributed by atoms with Gasteiger partial charge in [-0.05, 0) is 18.4 Å². The topological polar surface area (TPSA) is 17.8 Å². The standard InChI is InChI=1S/C15H20N2/c1-2-3-9-15(17-11-10-16-13-17)12-14-7-5-4-6-8-14/h4-8,10-11,13,15H,2-3,9,12H2,1H3. The first-order valence-electron chi connectivity index (χ1n) is 6.41. The Morgan fingerprint density at radius 2 is 2.06 bits per heavy atom. The molecule has 2 aromatic rings. The summed E-state index contributed by atoms with van der Waals surface area (Å²) >= 11 is 0. The fourth-order valence-corrected chi connectivity index (χ4v) is 2.17.